The summed E-state index contributed by atoms with van der Waals surface area (Å²) in [7, 11) is 1.25. The molecule has 6 nitrogen and oxygen atoms in total. The molecule has 0 unspecified atom stereocenters. The van der Waals surface area contributed by atoms with Crippen molar-refractivity contribution in [3.05, 3.63) is 35.4 Å². The van der Waals surface area contributed by atoms with Gasteiger partial charge in [-0.25, -0.2) is 0 Å². The van der Waals surface area contributed by atoms with E-state index in [4.69, 9.17) is 0 Å². The van der Waals surface area contributed by atoms with Gasteiger partial charge in [-0.15, -0.1) is 0 Å². The van der Waals surface area contributed by atoms with Gasteiger partial charge in [0.05, 0.1) is 13.5 Å². The number of amides is 2. The maximum Gasteiger partial charge on any atom is 0.306 e. The number of methoxy groups -OCH3 is 1. The molecule has 0 heterocycles. The average molecular weight is 264 g/mol. The van der Waals surface area contributed by atoms with Crippen LogP contribution in [0.1, 0.15) is 28.8 Å². The first-order chi connectivity index (χ1) is 9.04. The van der Waals surface area contributed by atoms with Gasteiger partial charge in [0.1, 0.15) is 0 Å². The molecular formula is C13H16N2O4. The van der Waals surface area contributed by atoms with Crippen molar-refractivity contribution in [1.82, 2.24) is 10.9 Å². The largest absolute Gasteiger partial charge is 0.469 e. The molecule has 0 atom stereocenters. The number of esters is 1. The minimum Gasteiger partial charge on any atom is -0.469 e. The standard InChI is InChI=1S/C13H16N2O4/c1-9-5-3-4-6-10(9)13(18)15-14-11(16)7-8-12(17)19-2/h3-6H,7-8H2,1-2H3,(H,14,16)(H,15,18). The Bertz CT molecular complexity index is 485. The summed E-state index contributed by atoms with van der Waals surface area (Å²) in [5.74, 6) is -1.32. The molecular weight excluding hydrogens is 248 g/mol. The van der Waals surface area contributed by atoms with E-state index in [0.29, 0.717) is 5.56 Å². The van der Waals surface area contributed by atoms with Gasteiger partial charge in [0.15, 0.2) is 0 Å². The fraction of sp³-hybridized carbons (Fsp3) is 0.308. The van der Waals surface area contributed by atoms with Crippen LogP contribution in [-0.2, 0) is 14.3 Å². The van der Waals surface area contributed by atoms with Crippen molar-refractivity contribution in [2.75, 3.05) is 7.11 Å². The van der Waals surface area contributed by atoms with Gasteiger partial charge in [-0.1, -0.05) is 18.2 Å². The highest BCUT2D eigenvalue weighted by Gasteiger charge is 2.10. The lowest BCUT2D eigenvalue weighted by molar-refractivity contribution is -0.142. The van der Waals surface area contributed by atoms with Gasteiger partial charge >= 0.3 is 5.97 Å². The quantitative estimate of drug-likeness (QED) is 0.619. The zero-order chi connectivity index (χ0) is 14.3. The van der Waals surface area contributed by atoms with E-state index in [0.717, 1.165) is 5.56 Å². The molecule has 2 amide bonds. The summed E-state index contributed by atoms with van der Waals surface area (Å²) in [6, 6.07) is 7.02. The molecule has 0 aromatic heterocycles. The highest BCUT2D eigenvalue weighted by molar-refractivity contribution is 5.96. The van der Waals surface area contributed by atoms with Crippen LogP contribution in [0.25, 0.3) is 0 Å². The molecule has 19 heavy (non-hydrogen) atoms. The molecule has 0 fully saturated rings. The Morgan fingerprint density at radius 3 is 2.42 bits per heavy atom. The number of hydrogen-bond donors (Lipinski definition) is 2. The number of carbonyl (C=O) groups is 3. The summed E-state index contributed by atoms with van der Waals surface area (Å²) in [4.78, 5) is 33.9. The zero-order valence-electron chi connectivity index (χ0n) is 10.9. The molecule has 0 bridgehead atoms. The zero-order valence-corrected chi connectivity index (χ0v) is 10.9. The number of aryl methyl sites for hydroxylation is 1. The summed E-state index contributed by atoms with van der Waals surface area (Å²) >= 11 is 0. The first-order valence-electron chi connectivity index (χ1n) is 5.76. The van der Waals surface area contributed by atoms with Gasteiger partial charge in [-0.3, -0.25) is 25.2 Å². The van der Waals surface area contributed by atoms with Crippen LogP contribution in [0.3, 0.4) is 0 Å². The summed E-state index contributed by atoms with van der Waals surface area (Å²) < 4.78 is 4.40. The van der Waals surface area contributed by atoms with E-state index in [-0.39, 0.29) is 12.8 Å². The second-order valence-corrected chi connectivity index (χ2v) is 3.89. The summed E-state index contributed by atoms with van der Waals surface area (Å²) in [5, 5.41) is 0. The van der Waals surface area contributed by atoms with E-state index in [1.807, 2.05) is 6.07 Å². The highest BCUT2D eigenvalue weighted by Crippen LogP contribution is 2.05. The van der Waals surface area contributed by atoms with Crippen molar-refractivity contribution in [3.63, 3.8) is 0 Å². The number of nitrogens with one attached hydrogen (secondary N) is 2. The van der Waals surface area contributed by atoms with Crippen LogP contribution in [0.5, 0.6) is 0 Å². The minimum absolute atomic E-state index is 0.0252. The predicted molar refractivity (Wildman–Crippen MR) is 68.0 cm³/mol. The Morgan fingerprint density at radius 2 is 1.79 bits per heavy atom. The monoisotopic (exact) mass is 264 g/mol. The Morgan fingerprint density at radius 1 is 1.11 bits per heavy atom. The van der Waals surface area contributed by atoms with E-state index in [2.05, 4.69) is 15.6 Å². The first-order valence-corrected chi connectivity index (χ1v) is 5.76. The van der Waals surface area contributed by atoms with Crippen molar-refractivity contribution in [3.8, 4) is 0 Å². The topological polar surface area (TPSA) is 84.5 Å². The third kappa shape index (κ3) is 4.79. The van der Waals surface area contributed by atoms with Crippen molar-refractivity contribution in [2.45, 2.75) is 19.8 Å². The second-order valence-electron chi connectivity index (χ2n) is 3.89. The Balaban J connectivity index is 2.40. The van der Waals surface area contributed by atoms with E-state index in [1.165, 1.54) is 7.11 Å². The van der Waals surface area contributed by atoms with Crippen LogP contribution in [0, 0.1) is 6.92 Å². The predicted octanol–water partition coefficient (Wildman–Crippen LogP) is 0.709. The van der Waals surface area contributed by atoms with Crippen LogP contribution in [0.2, 0.25) is 0 Å². The van der Waals surface area contributed by atoms with Gasteiger partial charge in [0.25, 0.3) is 5.91 Å². The molecule has 102 valence electrons. The maximum atomic E-state index is 11.7. The van der Waals surface area contributed by atoms with E-state index in [1.54, 1.807) is 25.1 Å². The van der Waals surface area contributed by atoms with Crippen LogP contribution < -0.4 is 10.9 Å². The SMILES string of the molecule is COC(=O)CCC(=O)NNC(=O)c1ccccc1C. The fourth-order valence-corrected chi connectivity index (χ4v) is 1.40. The smallest absolute Gasteiger partial charge is 0.306 e. The summed E-state index contributed by atoms with van der Waals surface area (Å²) in [6.45, 7) is 1.80. The number of hydrazine groups is 1. The number of rotatable bonds is 4. The van der Waals surface area contributed by atoms with Crippen molar-refractivity contribution in [1.29, 1.82) is 0 Å². The van der Waals surface area contributed by atoms with Gasteiger partial charge in [0, 0.05) is 12.0 Å². The van der Waals surface area contributed by atoms with E-state index >= 15 is 0 Å². The number of hydrogen-bond acceptors (Lipinski definition) is 4. The maximum absolute atomic E-state index is 11.7. The molecule has 0 saturated carbocycles. The number of ether oxygens (including phenoxy) is 1. The summed E-state index contributed by atoms with van der Waals surface area (Å²) in [5.41, 5.74) is 5.82. The molecule has 1 rings (SSSR count). The van der Waals surface area contributed by atoms with Crippen molar-refractivity contribution < 1.29 is 19.1 Å². The lowest BCUT2D eigenvalue weighted by Crippen LogP contribution is -2.41. The van der Waals surface area contributed by atoms with Crippen molar-refractivity contribution in [2.24, 2.45) is 0 Å². The van der Waals surface area contributed by atoms with Gasteiger partial charge in [-0.05, 0) is 18.6 Å². The Labute approximate surface area is 111 Å². The van der Waals surface area contributed by atoms with Gasteiger partial charge in [-0.2, -0.15) is 0 Å². The van der Waals surface area contributed by atoms with Crippen LogP contribution in [-0.4, -0.2) is 24.9 Å². The lowest BCUT2D eigenvalue weighted by atomic mass is 10.1. The number of benzene rings is 1. The Hall–Kier alpha value is -2.37. The third-order valence-corrected chi connectivity index (χ3v) is 2.49. The van der Waals surface area contributed by atoms with Gasteiger partial charge in [0.2, 0.25) is 5.91 Å². The Kier molecular flexibility index (Phi) is 5.53. The molecule has 0 spiro atoms. The third-order valence-electron chi connectivity index (χ3n) is 2.49. The second kappa shape index (κ2) is 7.15. The van der Waals surface area contributed by atoms with Gasteiger partial charge < -0.3 is 4.74 Å². The molecule has 1 aromatic carbocycles. The molecule has 0 aliphatic heterocycles. The average Bonchev–Trinajstić information content (AvgIpc) is 2.42. The van der Waals surface area contributed by atoms with Crippen LogP contribution in [0.4, 0.5) is 0 Å². The molecule has 0 aliphatic rings. The molecule has 0 radical (unpaired) electrons. The minimum atomic E-state index is -0.472. The molecule has 0 saturated heterocycles. The van der Waals surface area contributed by atoms with Crippen LogP contribution >= 0.6 is 0 Å². The summed E-state index contributed by atoms with van der Waals surface area (Å²) in [6.07, 6.45) is -0.0662. The first kappa shape index (κ1) is 14.7. The molecule has 1 aromatic rings. The van der Waals surface area contributed by atoms with Crippen LogP contribution in [0.15, 0.2) is 24.3 Å². The van der Waals surface area contributed by atoms with Crippen molar-refractivity contribution >= 4 is 17.8 Å². The normalized spacial score (nSPS) is 9.58. The van der Waals surface area contributed by atoms with E-state index in [9.17, 15) is 14.4 Å². The lowest BCUT2D eigenvalue weighted by Gasteiger charge is -2.08. The highest BCUT2D eigenvalue weighted by atomic mass is 16.5. The molecule has 6 heteroatoms. The molecule has 2 N–H and O–H groups in total. The number of carbonyl (C=O) groups excluding carboxylic acids is 3. The van der Waals surface area contributed by atoms with E-state index < -0.39 is 17.8 Å². The fourth-order valence-electron chi connectivity index (χ4n) is 1.40. The molecule has 0 aliphatic carbocycles.